The molecule has 8 heteroatoms. The van der Waals surface area contributed by atoms with E-state index in [0.717, 1.165) is 5.56 Å². The van der Waals surface area contributed by atoms with Crippen LogP contribution in [0, 0.1) is 12.7 Å². The van der Waals surface area contributed by atoms with Crippen LogP contribution in [0.3, 0.4) is 0 Å². The molecule has 0 saturated carbocycles. The number of halogens is 2. The lowest BCUT2D eigenvalue weighted by Gasteiger charge is -2.11. The number of aromatic nitrogens is 2. The standard InChI is InChI=1S/C18H16ClFN4O2/c1-10-3-5-12(20)8-15(10)24-17(21)13(9-22-24)18(25)23-14-6-4-11(19)7-16(14)26-2/h3-9H,21H2,1-2H3,(H,23,25). The summed E-state index contributed by atoms with van der Waals surface area (Å²) in [6, 6.07) is 9.10. The lowest BCUT2D eigenvalue weighted by Crippen LogP contribution is -2.15. The Morgan fingerprint density at radius 2 is 2.08 bits per heavy atom. The number of aryl methyl sites for hydroxylation is 1. The maximum Gasteiger partial charge on any atom is 0.261 e. The van der Waals surface area contributed by atoms with Gasteiger partial charge in [0.15, 0.2) is 0 Å². The molecule has 134 valence electrons. The third-order valence-electron chi connectivity index (χ3n) is 3.86. The number of amides is 1. The molecule has 1 aromatic heterocycles. The molecule has 0 saturated heterocycles. The first-order valence-electron chi connectivity index (χ1n) is 7.65. The van der Waals surface area contributed by atoms with E-state index >= 15 is 0 Å². The minimum Gasteiger partial charge on any atom is -0.495 e. The van der Waals surface area contributed by atoms with Crippen LogP contribution in [0.15, 0.2) is 42.6 Å². The minimum absolute atomic E-state index is 0.101. The van der Waals surface area contributed by atoms with Crippen molar-refractivity contribution in [2.45, 2.75) is 6.92 Å². The van der Waals surface area contributed by atoms with Gasteiger partial charge in [0.05, 0.1) is 24.7 Å². The van der Waals surface area contributed by atoms with E-state index in [1.807, 2.05) is 0 Å². The summed E-state index contributed by atoms with van der Waals surface area (Å²) >= 11 is 5.92. The van der Waals surface area contributed by atoms with Crippen molar-refractivity contribution in [2.75, 3.05) is 18.2 Å². The summed E-state index contributed by atoms with van der Waals surface area (Å²) in [6.07, 6.45) is 1.33. The van der Waals surface area contributed by atoms with E-state index in [0.29, 0.717) is 22.1 Å². The topological polar surface area (TPSA) is 82.2 Å². The predicted molar refractivity (Wildman–Crippen MR) is 98.6 cm³/mol. The Hall–Kier alpha value is -3.06. The molecule has 6 nitrogen and oxygen atoms in total. The summed E-state index contributed by atoms with van der Waals surface area (Å²) in [4.78, 5) is 12.6. The van der Waals surface area contributed by atoms with Gasteiger partial charge in [-0.2, -0.15) is 5.10 Å². The molecule has 0 spiro atoms. The Kier molecular flexibility index (Phi) is 4.81. The second-order valence-electron chi connectivity index (χ2n) is 5.58. The van der Waals surface area contributed by atoms with Crippen molar-refractivity contribution in [1.82, 2.24) is 9.78 Å². The fraction of sp³-hybridized carbons (Fsp3) is 0.111. The zero-order valence-electron chi connectivity index (χ0n) is 14.1. The number of ether oxygens (including phenoxy) is 1. The second kappa shape index (κ2) is 7.05. The zero-order valence-corrected chi connectivity index (χ0v) is 14.8. The lowest BCUT2D eigenvalue weighted by atomic mass is 10.2. The van der Waals surface area contributed by atoms with E-state index in [9.17, 15) is 9.18 Å². The second-order valence-corrected chi connectivity index (χ2v) is 6.02. The monoisotopic (exact) mass is 374 g/mol. The van der Waals surface area contributed by atoms with Crippen LogP contribution in [-0.2, 0) is 0 Å². The van der Waals surface area contributed by atoms with Crippen LogP contribution in [-0.4, -0.2) is 22.8 Å². The number of hydrogen-bond acceptors (Lipinski definition) is 4. The largest absolute Gasteiger partial charge is 0.495 e. The van der Waals surface area contributed by atoms with Gasteiger partial charge >= 0.3 is 0 Å². The molecule has 3 aromatic rings. The van der Waals surface area contributed by atoms with Gasteiger partial charge in [-0.25, -0.2) is 9.07 Å². The van der Waals surface area contributed by atoms with Crippen LogP contribution in [0.5, 0.6) is 5.75 Å². The Morgan fingerprint density at radius 3 is 2.81 bits per heavy atom. The molecule has 3 rings (SSSR count). The van der Waals surface area contributed by atoms with Crippen LogP contribution in [0.4, 0.5) is 15.9 Å². The summed E-state index contributed by atoms with van der Waals surface area (Å²) in [6.45, 7) is 1.80. The number of methoxy groups -OCH3 is 1. The molecule has 0 fully saturated rings. The normalized spacial score (nSPS) is 10.6. The van der Waals surface area contributed by atoms with Crippen LogP contribution in [0.25, 0.3) is 5.69 Å². The number of nitrogens with two attached hydrogens (primary N) is 1. The van der Waals surface area contributed by atoms with Gasteiger partial charge in [0.2, 0.25) is 0 Å². The fourth-order valence-corrected chi connectivity index (χ4v) is 2.66. The van der Waals surface area contributed by atoms with Crippen molar-refractivity contribution in [3.05, 3.63) is 64.6 Å². The maximum absolute atomic E-state index is 13.5. The van der Waals surface area contributed by atoms with E-state index in [-0.39, 0.29) is 11.4 Å². The van der Waals surface area contributed by atoms with Crippen molar-refractivity contribution in [2.24, 2.45) is 0 Å². The number of benzene rings is 2. The number of anilines is 2. The fourth-order valence-electron chi connectivity index (χ4n) is 2.49. The van der Waals surface area contributed by atoms with Gasteiger partial charge in [-0.1, -0.05) is 17.7 Å². The van der Waals surface area contributed by atoms with Gasteiger partial charge in [-0.15, -0.1) is 0 Å². The third kappa shape index (κ3) is 3.34. The SMILES string of the molecule is COc1cc(Cl)ccc1NC(=O)c1cnn(-c2cc(F)ccc2C)c1N. The molecule has 0 bridgehead atoms. The predicted octanol–water partition coefficient (Wildman–Crippen LogP) is 3.82. The van der Waals surface area contributed by atoms with Gasteiger partial charge in [0.25, 0.3) is 5.91 Å². The highest BCUT2D eigenvalue weighted by Gasteiger charge is 2.19. The van der Waals surface area contributed by atoms with E-state index in [1.54, 1.807) is 31.2 Å². The Balaban J connectivity index is 1.93. The molecule has 26 heavy (non-hydrogen) atoms. The molecule has 3 N–H and O–H groups in total. The van der Waals surface area contributed by atoms with Crippen molar-refractivity contribution >= 4 is 29.0 Å². The Morgan fingerprint density at radius 1 is 1.31 bits per heavy atom. The molecule has 0 unspecified atom stereocenters. The number of nitrogen functional groups attached to an aromatic ring is 1. The number of nitrogens with one attached hydrogen (secondary N) is 1. The quantitative estimate of drug-likeness (QED) is 0.727. The van der Waals surface area contributed by atoms with Gasteiger partial charge in [-0.3, -0.25) is 4.79 Å². The molecule has 0 atom stereocenters. The number of rotatable bonds is 4. The molecule has 1 heterocycles. The third-order valence-corrected chi connectivity index (χ3v) is 4.10. The van der Waals surface area contributed by atoms with Crippen molar-refractivity contribution < 1.29 is 13.9 Å². The molecule has 2 aromatic carbocycles. The highest BCUT2D eigenvalue weighted by Crippen LogP contribution is 2.29. The number of hydrogen-bond donors (Lipinski definition) is 2. The van der Waals surface area contributed by atoms with Gasteiger partial charge < -0.3 is 15.8 Å². The molecular formula is C18H16ClFN4O2. The summed E-state index contributed by atoms with van der Waals surface area (Å²) in [7, 11) is 1.47. The summed E-state index contributed by atoms with van der Waals surface area (Å²) in [5.74, 6) is -0.372. The Labute approximate surface area is 154 Å². The number of nitrogens with zero attached hydrogens (tertiary/aromatic N) is 2. The first-order valence-corrected chi connectivity index (χ1v) is 8.03. The van der Waals surface area contributed by atoms with Crippen LogP contribution in [0.2, 0.25) is 5.02 Å². The average molecular weight is 375 g/mol. The molecule has 0 aliphatic rings. The van der Waals surface area contributed by atoms with Crippen molar-refractivity contribution in [3.63, 3.8) is 0 Å². The number of carbonyl (C=O) groups excluding carboxylic acids is 1. The van der Waals surface area contributed by atoms with E-state index in [1.165, 1.54) is 30.1 Å². The smallest absolute Gasteiger partial charge is 0.261 e. The molecular weight excluding hydrogens is 359 g/mol. The van der Waals surface area contributed by atoms with Crippen molar-refractivity contribution in [1.29, 1.82) is 0 Å². The van der Waals surface area contributed by atoms with Crippen molar-refractivity contribution in [3.8, 4) is 11.4 Å². The zero-order chi connectivity index (χ0) is 18.8. The highest BCUT2D eigenvalue weighted by atomic mass is 35.5. The van der Waals surface area contributed by atoms with Gasteiger partial charge in [-0.05, 0) is 36.8 Å². The first kappa shape index (κ1) is 17.8. The number of carbonyl (C=O) groups is 1. The summed E-state index contributed by atoms with van der Waals surface area (Å²) < 4.78 is 20.1. The summed E-state index contributed by atoms with van der Waals surface area (Å²) in [5.41, 5.74) is 7.90. The Bertz CT molecular complexity index is 987. The highest BCUT2D eigenvalue weighted by molar-refractivity contribution is 6.30. The van der Waals surface area contributed by atoms with Crippen LogP contribution in [0.1, 0.15) is 15.9 Å². The average Bonchev–Trinajstić information content (AvgIpc) is 3.00. The molecule has 0 aliphatic heterocycles. The molecule has 0 radical (unpaired) electrons. The van der Waals surface area contributed by atoms with E-state index in [4.69, 9.17) is 22.1 Å². The van der Waals surface area contributed by atoms with E-state index in [2.05, 4.69) is 10.4 Å². The van der Waals surface area contributed by atoms with Crippen LogP contribution < -0.4 is 15.8 Å². The first-order chi connectivity index (χ1) is 12.4. The maximum atomic E-state index is 13.5. The van der Waals surface area contributed by atoms with Gasteiger partial charge in [0.1, 0.15) is 22.9 Å². The van der Waals surface area contributed by atoms with Gasteiger partial charge in [0, 0.05) is 11.1 Å². The minimum atomic E-state index is -0.469. The summed E-state index contributed by atoms with van der Waals surface area (Å²) in [5, 5.41) is 7.31. The van der Waals surface area contributed by atoms with E-state index < -0.39 is 11.7 Å². The molecule has 1 amide bonds. The molecule has 0 aliphatic carbocycles. The van der Waals surface area contributed by atoms with Crippen LogP contribution >= 0.6 is 11.6 Å². The lowest BCUT2D eigenvalue weighted by molar-refractivity contribution is 0.102.